The molecule has 1 aromatic rings. The first-order chi connectivity index (χ1) is 7.56. The molecule has 0 aliphatic carbocycles. The zero-order chi connectivity index (χ0) is 12.1. The number of aliphatic hydroxyl groups is 1. The van der Waals surface area contributed by atoms with Crippen LogP contribution >= 0.6 is 15.9 Å². The molecule has 1 aromatic heterocycles. The smallest absolute Gasteiger partial charge is 0.325 e. The molecule has 3 N–H and O–H groups in total. The summed E-state index contributed by atoms with van der Waals surface area (Å²) in [5.74, 6) is -0.630. The summed E-state index contributed by atoms with van der Waals surface area (Å²) in [6.07, 6.45) is 1.91. The fraction of sp³-hybridized carbons (Fsp3) is 0.400. The summed E-state index contributed by atoms with van der Waals surface area (Å²) in [6, 6.07) is 0.549. The van der Waals surface area contributed by atoms with E-state index in [2.05, 4.69) is 20.9 Å². The summed E-state index contributed by atoms with van der Waals surface area (Å²) in [6.45, 7) is 1.91. The minimum Gasteiger partial charge on any atom is -0.465 e. The van der Waals surface area contributed by atoms with Gasteiger partial charge in [-0.3, -0.25) is 9.78 Å². The Balaban J connectivity index is 2.77. The van der Waals surface area contributed by atoms with Gasteiger partial charge in [-0.05, 0) is 28.9 Å². The third-order valence-electron chi connectivity index (χ3n) is 1.97. The second-order valence-electron chi connectivity index (χ2n) is 3.16. The van der Waals surface area contributed by atoms with Crippen molar-refractivity contribution in [3.8, 4) is 0 Å². The summed E-state index contributed by atoms with van der Waals surface area (Å²) in [5, 5.41) is 9.82. The lowest BCUT2D eigenvalue weighted by Crippen LogP contribution is -2.38. The largest absolute Gasteiger partial charge is 0.465 e. The van der Waals surface area contributed by atoms with Gasteiger partial charge in [0, 0.05) is 22.4 Å². The van der Waals surface area contributed by atoms with E-state index < -0.39 is 18.1 Å². The molecule has 1 heterocycles. The second kappa shape index (κ2) is 5.93. The van der Waals surface area contributed by atoms with E-state index >= 15 is 0 Å². The van der Waals surface area contributed by atoms with Crippen molar-refractivity contribution in [3.63, 3.8) is 0 Å². The van der Waals surface area contributed by atoms with Crippen LogP contribution in [0.4, 0.5) is 0 Å². The molecular formula is C10H13BrN2O3. The maximum absolute atomic E-state index is 11.3. The first kappa shape index (κ1) is 13.1. The van der Waals surface area contributed by atoms with E-state index in [0.29, 0.717) is 10.0 Å². The Bertz CT molecular complexity index is 373. The zero-order valence-electron chi connectivity index (χ0n) is 8.76. The molecule has 0 spiro atoms. The first-order valence-electron chi connectivity index (χ1n) is 4.77. The number of halogens is 1. The molecule has 0 radical (unpaired) electrons. The van der Waals surface area contributed by atoms with Crippen molar-refractivity contribution in [1.29, 1.82) is 0 Å². The lowest BCUT2D eigenvalue weighted by molar-refractivity contribution is -0.147. The van der Waals surface area contributed by atoms with Gasteiger partial charge >= 0.3 is 5.97 Å². The Morgan fingerprint density at radius 2 is 2.38 bits per heavy atom. The van der Waals surface area contributed by atoms with Crippen LogP contribution < -0.4 is 5.73 Å². The minimum absolute atomic E-state index is 0.232. The number of hydrogen-bond acceptors (Lipinski definition) is 5. The molecule has 0 aliphatic heterocycles. The third kappa shape index (κ3) is 3.26. The SMILES string of the molecule is CCOC(=O)[C@H](N)[C@@H](O)c1cncc(Br)c1. The van der Waals surface area contributed by atoms with Crippen LogP contribution in [0.1, 0.15) is 18.6 Å². The summed E-state index contributed by atoms with van der Waals surface area (Å²) in [7, 11) is 0. The van der Waals surface area contributed by atoms with Gasteiger partial charge in [0.25, 0.3) is 0 Å². The van der Waals surface area contributed by atoms with Crippen LogP contribution in [-0.2, 0) is 9.53 Å². The highest BCUT2D eigenvalue weighted by atomic mass is 79.9. The van der Waals surface area contributed by atoms with Crippen LogP contribution in [0.3, 0.4) is 0 Å². The molecule has 2 atom stereocenters. The number of aliphatic hydroxyl groups excluding tert-OH is 1. The predicted molar refractivity (Wildman–Crippen MR) is 61.5 cm³/mol. The minimum atomic E-state index is -1.12. The van der Waals surface area contributed by atoms with Crippen LogP contribution in [-0.4, -0.2) is 28.7 Å². The number of ether oxygens (including phenoxy) is 1. The molecule has 0 fully saturated rings. The number of carbonyl (C=O) groups is 1. The molecule has 5 nitrogen and oxygen atoms in total. The fourth-order valence-electron chi connectivity index (χ4n) is 1.16. The first-order valence-corrected chi connectivity index (χ1v) is 5.56. The molecule has 0 amide bonds. The molecule has 0 aromatic carbocycles. The van der Waals surface area contributed by atoms with E-state index in [1.807, 2.05) is 0 Å². The van der Waals surface area contributed by atoms with Crippen LogP contribution in [0.25, 0.3) is 0 Å². The molecular weight excluding hydrogens is 276 g/mol. The van der Waals surface area contributed by atoms with Crippen LogP contribution in [0.2, 0.25) is 0 Å². The Morgan fingerprint density at radius 1 is 1.69 bits per heavy atom. The quantitative estimate of drug-likeness (QED) is 0.800. The normalized spacial score (nSPS) is 14.2. The lowest BCUT2D eigenvalue weighted by Gasteiger charge is -2.17. The third-order valence-corrected chi connectivity index (χ3v) is 2.40. The van der Waals surface area contributed by atoms with E-state index in [1.54, 1.807) is 19.2 Å². The Kier molecular flexibility index (Phi) is 4.85. The van der Waals surface area contributed by atoms with Crippen molar-refractivity contribution in [2.75, 3.05) is 6.61 Å². The van der Waals surface area contributed by atoms with Crippen molar-refractivity contribution in [2.45, 2.75) is 19.1 Å². The summed E-state index contributed by atoms with van der Waals surface area (Å²) < 4.78 is 5.43. The maximum atomic E-state index is 11.3. The number of nitrogens with zero attached hydrogens (tertiary/aromatic N) is 1. The van der Waals surface area contributed by atoms with Crippen molar-refractivity contribution in [1.82, 2.24) is 4.98 Å². The average Bonchev–Trinajstić information content (AvgIpc) is 2.27. The van der Waals surface area contributed by atoms with Crippen LogP contribution in [0.15, 0.2) is 22.9 Å². The number of esters is 1. The topological polar surface area (TPSA) is 85.4 Å². The van der Waals surface area contributed by atoms with Gasteiger partial charge in [0.15, 0.2) is 0 Å². The van der Waals surface area contributed by atoms with Gasteiger partial charge in [-0.15, -0.1) is 0 Å². The summed E-state index contributed by atoms with van der Waals surface area (Å²) >= 11 is 3.22. The standard InChI is InChI=1S/C10H13BrN2O3/c1-2-16-10(15)8(12)9(14)6-3-7(11)5-13-4-6/h3-5,8-9,14H,2,12H2,1H3/t8-,9+/m1/s1. The number of carbonyl (C=O) groups excluding carboxylic acids is 1. The molecule has 1 rings (SSSR count). The van der Waals surface area contributed by atoms with E-state index in [9.17, 15) is 9.90 Å². The number of nitrogens with two attached hydrogens (primary N) is 1. The maximum Gasteiger partial charge on any atom is 0.325 e. The van der Waals surface area contributed by atoms with E-state index in [0.717, 1.165) is 0 Å². The van der Waals surface area contributed by atoms with Gasteiger partial charge in [0.1, 0.15) is 12.1 Å². The Morgan fingerprint density at radius 3 is 2.94 bits per heavy atom. The zero-order valence-corrected chi connectivity index (χ0v) is 10.3. The second-order valence-corrected chi connectivity index (χ2v) is 4.07. The molecule has 88 valence electrons. The molecule has 0 unspecified atom stereocenters. The van der Waals surface area contributed by atoms with Crippen molar-refractivity contribution in [2.24, 2.45) is 5.73 Å². The van der Waals surface area contributed by atoms with Crippen molar-refractivity contribution in [3.05, 3.63) is 28.5 Å². The molecule has 6 heteroatoms. The lowest BCUT2D eigenvalue weighted by atomic mass is 10.1. The fourth-order valence-corrected chi connectivity index (χ4v) is 1.55. The van der Waals surface area contributed by atoms with Crippen LogP contribution in [0, 0.1) is 0 Å². The molecule has 0 aliphatic rings. The van der Waals surface area contributed by atoms with Gasteiger partial charge in [0.05, 0.1) is 6.61 Å². The van der Waals surface area contributed by atoms with E-state index in [1.165, 1.54) is 6.20 Å². The predicted octanol–water partition coefficient (Wildman–Crippen LogP) is 0.768. The van der Waals surface area contributed by atoms with Gasteiger partial charge < -0.3 is 15.6 Å². The molecule has 0 saturated heterocycles. The van der Waals surface area contributed by atoms with Gasteiger partial charge in [0.2, 0.25) is 0 Å². The van der Waals surface area contributed by atoms with Crippen molar-refractivity contribution >= 4 is 21.9 Å². The highest BCUT2D eigenvalue weighted by Crippen LogP contribution is 2.19. The average molecular weight is 289 g/mol. The van der Waals surface area contributed by atoms with E-state index in [4.69, 9.17) is 10.5 Å². The van der Waals surface area contributed by atoms with Gasteiger partial charge in [-0.2, -0.15) is 0 Å². The van der Waals surface area contributed by atoms with E-state index in [-0.39, 0.29) is 6.61 Å². The highest BCUT2D eigenvalue weighted by molar-refractivity contribution is 9.10. The summed E-state index contributed by atoms with van der Waals surface area (Å²) in [4.78, 5) is 15.2. The van der Waals surface area contributed by atoms with Gasteiger partial charge in [-0.25, -0.2) is 0 Å². The Hall–Kier alpha value is -0.980. The number of aromatic nitrogens is 1. The molecule has 0 saturated carbocycles. The Labute approximate surface area is 102 Å². The number of pyridine rings is 1. The monoisotopic (exact) mass is 288 g/mol. The van der Waals surface area contributed by atoms with Crippen LogP contribution in [0.5, 0.6) is 0 Å². The van der Waals surface area contributed by atoms with Gasteiger partial charge in [-0.1, -0.05) is 0 Å². The number of rotatable bonds is 4. The highest BCUT2D eigenvalue weighted by Gasteiger charge is 2.25. The van der Waals surface area contributed by atoms with Crippen molar-refractivity contribution < 1.29 is 14.6 Å². The molecule has 16 heavy (non-hydrogen) atoms. The summed E-state index contributed by atoms with van der Waals surface area (Å²) in [5.41, 5.74) is 6.03. The molecule has 0 bridgehead atoms. The number of hydrogen-bond donors (Lipinski definition) is 2.